The second-order valence-electron chi connectivity index (χ2n) is 9.02. The van der Waals surface area contributed by atoms with E-state index in [9.17, 15) is 9.59 Å². The van der Waals surface area contributed by atoms with Crippen molar-refractivity contribution < 1.29 is 19.1 Å². The quantitative estimate of drug-likeness (QED) is 0.587. The number of likely N-dealkylation sites (tertiary alicyclic amines) is 1. The zero-order valence-corrected chi connectivity index (χ0v) is 19.6. The number of carbonyl (C=O) groups excluding carboxylic acids is 2. The Labute approximate surface area is 201 Å². The summed E-state index contributed by atoms with van der Waals surface area (Å²) in [6.45, 7) is 1.04. The number of fused-ring (bicyclic) bond motifs is 2. The van der Waals surface area contributed by atoms with Gasteiger partial charge in [-0.25, -0.2) is 4.98 Å². The number of piperidine rings is 1. The van der Waals surface area contributed by atoms with E-state index < -0.39 is 0 Å². The Morgan fingerprint density at radius 3 is 3.00 bits per heavy atom. The number of benzene rings is 2. The largest absolute Gasteiger partial charge is 0.497 e. The summed E-state index contributed by atoms with van der Waals surface area (Å²) in [7, 11) is 1.63. The molecule has 3 aliphatic rings. The molecule has 1 saturated heterocycles. The van der Waals surface area contributed by atoms with Crippen molar-refractivity contribution in [3.8, 4) is 21.9 Å². The maximum Gasteiger partial charge on any atom is 0.274 e. The average molecular weight is 476 g/mol. The van der Waals surface area contributed by atoms with Crippen LogP contribution in [0.3, 0.4) is 0 Å². The molecule has 2 amide bonds. The van der Waals surface area contributed by atoms with E-state index in [1.165, 1.54) is 11.3 Å². The van der Waals surface area contributed by atoms with Gasteiger partial charge in [0.2, 0.25) is 0 Å². The highest BCUT2D eigenvalue weighted by atomic mass is 32.1. The lowest BCUT2D eigenvalue weighted by Crippen LogP contribution is -2.45. The third kappa shape index (κ3) is 3.62. The molecule has 34 heavy (non-hydrogen) atoms. The third-order valence-corrected chi connectivity index (χ3v) is 7.91. The van der Waals surface area contributed by atoms with E-state index in [-0.39, 0.29) is 23.9 Å². The predicted octanol–water partition coefficient (Wildman–Crippen LogP) is 3.79. The van der Waals surface area contributed by atoms with Crippen molar-refractivity contribution in [2.75, 3.05) is 20.3 Å². The molecule has 3 heterocycles. The topological polar surface area (TPSA) is 80.8 Å². The van der Waals surface area contributed by atoms with Gasteiger partial charge in [0.05, 0.1) is 30.1 Å². The first-order valence-corrected chi connectivity index (χ1v) is 12.5. The Morgan fingerprint density at radius 1 is 1.24 bits per heavy atom. The lowest BCUT2D eigenvalue weighted by molar-refractivity contribution is 0.0684. The molecule has 7 nitrogen and oxygen atoms in total. The lowest BCUT2D eigenvalue weighted by atomic mass is 10.0. The van der Waals surface area contributed by atoms with Crippen molar-refractivity contribution in [3.63, 3.8) is 0 Å². The first-order valence-electron chi connectivity index (χ1n) is 11.6. The second kappa shape index (κ2) is 8.43. The molecule has 0 unspecified atom stereocenters. The van der Waals surface area contributed by atoms with Gasteiger partial charge in [0.15, 0.2) is 0 Å². The summed E-state index contributed by atoms with van der Waals surface area (Å²) < 4.78 is 10.9. The van der Waals surface area contributed by atoms with Crippen molar-refractivity contribution >= 4 is 23.2 Å². The second-order valence-corrected chi connectivity index (χ2v) is 9.87. The standard InChI is InChI=1S/C26H25N3O4S/c1-32-18-5-2-4-15(11-18)24-23(28-14-34-24)26(31)29-17(10-16-12-21(16)29)13-27-25(30)20-6-3-7-22-19(20)8-9-33-22/h2-7,11,14,16-17,21H,8-10,12-13H2,1H3,(H,27,30)/t16-,17+,21+/m1/s1. The number of carbonyl (C=O) groups is 2. The summed E-state index contributed by atoms with van der Waals surface area (Å²) in [4.78, 5) is 33.9. The van der Waals surface area contributed by atoms with Crippen LogP contribution >= 0.6 is 11.3 Å². The first kappa shape index (κ1) is 21.2. The van der Waals surface area contributed by atoms with Gasteiger partial charge in [0, 0.05) is 30.1 Å². The normalized spacial score (nSPS) is 22.0. The Morgan fingerprint density at radius 2 is 2.12 bits per heavy atom. The van der Waals surface area contributed by atoms with Gasteiger partial charge in [-0.05, 0) is 48.6 Å². The number of ether oxygens (including phenoxy) is 2. The molecule has 3 atom stereocenters. The molecular formula is C26H25N3O4S. The smallest absolute Gasteiger partial charge is 0.274 e. The number of aromatic nitrogens is 1. The number of nitrogens with one attached hydrogen (secondary N) is 1. The minimum Gasteiger partial charge on any atom is -0.497 e. The van der Waals surface area contributed by atoms with Crippen LogP contribution in [0, 0.1) is 5.92 Å². The van der Waals surface area contributed by atoms with Crippen molar-refractivity contribution in [1.29, 1.82) is 0 Å². The zero-order chi connectivity index (χ0) is 23.2. The van der Waals surface area contributed by atoms with Gasteiger partial charge >= 0.3 is 0 Å². The Balaban J connectivity index is 1.20. The summed E-state index contributed by atoms with van der Waals surface area (Å²) in [5, 5.41) is 3.08. The van der Waals surface area contributed by atoms with E-state index in [1.54, 1.807) is 12.6 Å². The summed E-state index contributed by atoms with van der Waals surface area (Å²) in [5.41, 5.74) is 4.74. The minimum atomic E-state index is -0.110. The van der Waals surface area contributed by atoms with E-state index in [1.807, 2.05) is 47.4 Å². The molecule has 0 radical (unpaired) electrons. The number of rotatable bonds is 6. The van der Waals surface area contributed by atoms with Crippen LogP contribution in [0.5, 0.6) is 11.5 Å². The van der Waals surface area contributed by atoms with Crippen molar-refractivity contribution in [2.45, 2.75) is 31.3 Å². The predicted molar refractivity (Wildman–Crippen MR) is 129 cm³/mol. The fourth-order valence-corrected chi connectivity index (χ4v) is 6.07. The fourth-order valence-electron chi connectivity index (χ4n) is 5.29. The van der Waals surface area contributed by atoms with Crippen LogP contribution in [0.25, 0.3) is 10.4 Å². The molecule has 0 bridgehead atoms. The minimum absolute atomic E-state index is 0.0342. The summed E-state index contributed by atoms with van der Waals surface area (Å²) in [5.74, 6) is 1.88. The zero-order valence-electron chi connectivity index (χ0n) is 18.8. The maximum absolute atomic E-state index is 13.7. The SMILES string of the molecule is COc1cccc(-c2scnc2C(=O)N2[C@H](CNC(=O)c3cccc4c3CCO4)C[C@@H]3C[C@@H]32)c1. The third-order valence-electron chi connectivity index (χ3n) is 7.03. The van der Waals surface area contributed by atoms with Crippen LogP contribution in [0.2, 0.25) is 0 Å². The molecule has 3 aromatic rings. The van der Waals surface area contributed by atoms with E-state index in [0.29, 0.717) is 30.3 Å². The van der Waals surface area contributed by atoms with E-state index in [2.05, 4.69) is 10.3 Å². The molecule has 2 aromatic carbocycles. The van der Waals surface area contributed by atoms with E-state index in [4.69, 9.17) is 9.47 Å². The molecule has 1 saturated carbocycles. The number of nitrogens with zero attached hydrogens (tertiary/aromatic N) is 2. The van der Waals surface area contributed by atoms with Crippen LogP contribution < -0.4 is 14.8 Å². The van der Waals surface area contributed by atoms with Gasteiger partial charge in [-0.1, -0.05) is 18.2 Å². The summed E-state index contributed by atoms with van der Waals surface area (Å²) >= 11 is 1.46. The monoisotopic (exact) mass is 475 g/mol. The maximum atomic E-state index is 13.7. The Hall–Kier alpha value is -3.39. The van der Waals surface area contributed by atoms with Gasteiger partial charge in [0.1, 0.15) is 17.2 Å². The molecular weight excluding hydrogens is 450 g/mol. The first-order chi connectivity index (χ1) is 16.6. The van der Waals surface area contributed by atoms with Crippen molar-refractivity contribution in [1.82, 2.24) is 15.2 Å². The number of hydrogen-bond acceptors (Lipinski definition) is 6. The Bertz CT molecular complexity index is 1270. The highest BCUT2D eigenvalue weighted by Gasteiger charge is 2.54. The molecule has 1 aliphatic carbocycles. The van der Waals surface area contributed by atoms with Crippen molar-refractivity contribution in [2.24, 2.45) is 5.92 Å². The molecule has 8 heteroatoms. The van der Waals surface area contributed by atoms with Gasteiger partial charge in [-0.3, -0.25) is 9.59 Å². The molecule has 2 fully saturated rings. The van der Waals surface area contributed by atoms with Gasteiger partial charge < -0.3 is 19.7 Å². The number of hydrogen-bond donors (Lipinski definition) is 1. The highest BCUT2D eigenvalue weighted by Crippen LogP contribution is 2.48. The Kier molecular flexibility index (Phi) is 5.25. The highest BCUT2D eigenvalue weighted by molar-refractivity contribution is 7.13. The van der Waals surface area contributed by atoms with Crippen LogP contribution in [-0.4, -0.2) is 54.0 Å². The van der Waals surface area contributed by atoms with Gasteiger partial charge in [0.25, 0.3) is 11.8 Å². The molecule has 6 rings (SSSR count). The van der Waals surface area contributed by atoms with Gasteiger partial charge in [-0.15, -0.1) is 11.3 Å². The molecule has 1 N–H and O–H groups in total. The van der Waals surface area contributed by atoms with Gasteiger partial charge in [-0.2, -0.15) is 0 Å². The average Bonchev–Trinajstić information content (AvgIpc) is 3.26. The van der Waals surface area contributed by atoms with Crippen molar-refractivity contribution in [3.05, 3.63) is 64.8 Å². The number of thiazole rings is 1. The van der Waals surface area contributed by atoms with Crippen LogP contribution in [0.1, 0.15) is 39.3 Å². The molecule has 0 spiro atoms. The lowest BCUT2D eigenvalue weighted by Gasteiger charge is -2.27. The number of amides is 2. The number of methoxy groups -OCH3 is 1. The fraction of sp³-hybridized carbons (Fsp3) is 0.346. The van der Waals surface area contributed by atoms with Crippen LogP contribution in [0.15, 0.2) is 48.0 Å². The van der Waals surface area contributed by atoms with Crippen LogP contribution in [0.4, 0.5) is 0 Å². The van der Waals surface area contributed by atoms with E-state index >= 15 is 0 Å². The molecule has 174 valence electrons. The molecule has 2 aliphatic heterocycles. The molecule has 1 aromatic heterocycles. The summed E-state index contributed by atoms with van der Waals surface area (Å²) in [6, 6.07) is 13.5. The van der Waals surface area contributed by atoms with Crippen LogP contribution in [-0.2, 0) is 6.42 Å². The van der Waals surface area contributed by atoms with E-state index in [0.717, 1.165) is 46.8 Å². The summed E-state index contributed by atoms with van der Waals surface area (Å²) in [6.07, 6.45) is 2.68.